The number of imidazole rings is 3. The van der Waals surface area contributed by atoms with E-state index in [1.807, 2.05) is 47.2 Å². The highest BCUT2D eigenvalue weighted by Crippen LogP contribution is 2.21. The average molecular weight is 370 g/mol. The molecule has 0 aliphatic heterocycles. The van der Waals surface area contributed by atoms with Gasteiger partial charge in [0.1, 0.15) is 23.0 Å². The smallest absolute Gasteiger partial charge is 0.122 e. The highest BCUT2D eigenvalue weighted by molar-refractivity contribution is 5.97. The lowest BCUT2D eigenvalue weighted by atomic mass is 10.2. The van der Waals surface area contributed by atoms with Crippen molar-refractivity contribution in [1.82, 2.24) is 29.5 Å². The van der Waals surface area contributed by atoms with Gasteiger partial charge in [0.05, 0.1) is 28.6 Å². The van der Waals surface area contributed by atoms with E-state index < -0.39 is 0 Å². The van der Waals surface area contributed by atoms with Gasteiger partial charge in [0, 0.05) is 30.8 Å². The van der Waals surface area contributed by atoms with Crippen LogP contribution in [0.5, 0.6) is 0 Å². The van der Waals surface area contributed by atoms with Gasteiger partial charge in [-0.3, -0.25) is 5.41 Å². The van der Waals surface area contributed by atoms with Crippen molar-refractivity contribution in [2.75, 3.05) is 0 Å². The molecule has 0 saturated heterocycles. The van der Waals surface area contributed by atoms with Crippen molar-refractivity contribution in [2.45, 2.75) is 12.8 Å². The molecule has 0 amide bonds. The summed E-state index contributed by atoms with van der Waals surface area (Å²) in [7, 11) is 0. The van der Waals surface area contributed by atoms with Gasteiger partial charge in [0.15, 0.2) is 0 Å². The van der Waals surface area contributed by atoms with Gasteiger partial charge in [-0.25, -0.2) is 15.0 Å². The van der Waals surface area contributed by atoms with Crippen molar-refractivity contribution in [3.63, 3.8) is 0 Å². The standard InChI is InChI=1S/C20H18N8/c21-20(22)12-4-5-13-15(10-12)26-17(24-13)6-7-18-25-14-2-1-3-16(19(14)27-18)28-9-8-23-11-28/h1-5,8-11H,6-7H2,(H3,21,22)(H,24,26)(H,25,27). The number of aryl methyl sites for hydroxylation is 2. The normalized spacial score (nSPS) is 11.4. The van der Waals surface area contributed by atoms with Crippen LogP contribution in [0.25, 0.3) is 27.8 Å². The summed E-state index contributed by atoms with van der Waals surface area (Å²) in [5.74, 6) is 1.84. The monoisotopic (exact) mass is 370 g/mol. The maximum absolute atomic E-state index is 7.56. The van der Waals surface area contributed by atoms with Gasteiger partial charge in [0.2, 0.25) is 0 Å². The van der Waals surface area contributed by atoms with E-state index in [0.717, 1.165) is 52.2 Å². The molecule has 0 bridgehead atoms. The first-order valence-corrected chi connectivity index (χ1v) is 8.96. The first-order valence-electron chi connectivity index (χ1n) is 8.96. The largest absolute Gasteiger partial charge is 0.384 e. The van der Waals surface area contributed by atoms with E-state index in [1.54, 1.807) is 12.5 Å². The fraction of sp³-hybridized carbons (Fsp3) is 0.100. The van der Waals surface area contributed by atoms with Crippen LogP contribution in [-0.2, 0) is 12.8 Å². The Morgan fingerprint density at radius 3 is 2.64 bits per heavy atom. The molecular formula is C20H18N8. The molecule has 0 atom stereocenters. The summed E-state index contributed by atoms with van der Waals surface area (Å²) in [6.07, 6.45) is 6.90. The van der Waals surface area contributed by atoms with Crippen LogP contribution < -0.4 is 5.73 Å². The Bertz CT molecular complexity index is 1290. The van der Waals surface area contributed by atoms with Crippen molar-refractivity contribution in [3.05, 3.63) is 72.3 Å². The predicted molar refractivity (Wildman–Crippen MR) is 108 cm³/mol. The van der Waals surface area contributed by atoms with Gasteiger partial charge in [0.25, 0.3) is 0 Å². The van der Waals surface area contributed by atoms with E-state index in [2.05, 4.69) is 19.9 Å². The maximum Gasteiger partial charge on any atom is 0.122 e. The summed E-state index contributed by atoms with van der Waals surface area (Å²) >= 11 is 0. The van der Waals surface area contributed by atoms with Gasteiger partial charge >= 0.3 is 0 Å². The van der Waals surface area contributed by atoms with Crippen molar-refractivity contribution in [1.29, 1.82) is 5.41 Å². The third-order valence-electron chi connectivity index (χ3n) is 4.76. The van der Waals surface area contributed by atoms with Crippen molar-refractivity contribution in [2.24, 2.45) is 5.73 Å². The number of hydrogen-bond donors (Lipinski definition) is 4. The number of H-pyrrole nitrogens is 2. The quantitative estimate of drug-likeness (QED) is 0.280. The molecule has 0 aliphatic carbocycles. The fourth-order valence-electron chi connectivity index (χ4n) is 3.38. The zero-order valence-corrected chi connectivity index (χ0v) is 15.0. The average Bonchev–Trinajstić information content (AvgIpc) is 3.43. The molecule has 0 radical (unpaired) electrons. The molecule has 8 nitrogen and oxygen atoms in total. The number of nitrogens with zero attached hydrogens (tertiary/aromatic N) is 4. The van der Waals surface area contributed by atoms with E-state index >= 15 is 0 Å². The Kier molecular flexibility index (Phi) is 3.68. The highest BCUT2D eigenvalue weighted by atomic mass is 15.0. The van der Waals surface area contributed by atoms with Gasteiger partial charge in [-0.05, 0) is 30.3 Å². The number of nitrogen functional groups attached to an aromatic ring is 1. The minimum absolute atomic E-state index is 0.0500. The molecule has 0 saturated carbocycles. The number of rotatable bonds is 5. The van der Waals surface area contributed by atoms with E-state index in [9.17, 15) is 0 Å². The van der Waals surface area contributed by atoms with Crippen LogP contribution in [0.4, 0.5) is 0 Å². The topological polar surface area (TPSA) is 125 Å². The Balaban J connectivity index is 1.41. The lowest BCUT2D eigenvalue weighted by molar-refractivity contribution is 0.843. The van der Waals surface area contributed by atoms with Gasteiger partial charge in [-0.2, -0.15) is 0 Å². The number of aromatic nitrogens is 6. The van der Waals surface area contributed by atoms with Gasteiger partial charge in [-0.1, -0.05) is 6.07 Å². The van der Waals surface area contributed by atoms with E-state index in [1.165, 1.54) is 0 Å². The molecule has 0 unspecified atom stereocenters. The molecule has 2 aromatic carbocycles. The van der Waals surface area contributed by atoms with Crippen molar-refractivity contribution >= 4 is 27.9 Å². The number of fused-ring (bicyclic) bond motifs is 2. The molecular weight excluding hydrogens is 352 g/mol. The number of amidine groups is 1. The predicted octanol–water partition coefficient (Wildman–Crippen LogP) is 2.69. The van der Waals surface area contributed by atoms with Crippen LogP contribution in [-0.4, -0.2) is 35.3 Å². The molecule has 138 valence electrons. The van der Waals surface area contributed by atoms with Crippen LogP contribution in [0.2, 0.25) is 0 Å². The Morgan fingerprint density at radius 1 is 1.04 bits per heavy atom. The molecule has 0 spiro atoms. The molecule has 5 rings (SSSR count). The number of nitrogens with two attached hydrogens (primary N) is 1. The summed E-state index contributed by atoms with van der Waals surface area (Å²) in [4.78, 5) is 20.2. The number of nitrogens with one attached hydrogen (secondary N) is 3. The molecule has 8 heteroatoms. The van der Waals surface area contributed by atoms with Crippen LogP contribution in [0.15, 0.2) is 55.1 Å². The summed E-state index contributed by atoms with van der Waals surface area (Å²) in [5, 5.41) is 7.56. The lowest BCUT2D eigenvalue weighted by Crippen LogP contribution is -2.10. The minimum atomic E-state index is 0.0500. The zero-order chi connectivity index (χ0) is 19.1. The van der Waals surface area contributed by atoms with Crippen LogP contribution in [0.1, 0.15) is 17.2 Å². The fourth-order valence-corrected chi connectivity index (χ4v) is 3.38. The molecule has 5 aromatic rings. The van der Waals surface area contributed by atoms with E-state index in [-0.39, 0.29) is 5.84 Å². The molecule has 28 heavy (non-hydrogen) atoms. The second-order valence-corrected chi connectivity index (χ2v) is 6.66. The summed E-state index contributed by atoms with van der Waals surface area (Å²) in [6.45, 7) is 0. The summed E-state index contributed by atoms with van der Waals surface area (Å²) in [5.41, 5.74) is 10.9. The highest BCUT2D eigenvalue weighted by Gasteiger charge is 2.10. The lowest BCUT2D eigenvalue weighted by Gasteiger charge is -2.01. The Labute approximate surface area is 160 Å². The Morgan fingerprint density at radius 2 is 1.86 bits per heavy atom. The number of aromatic amines is 2. The first-order chi connectivity index (χ1) is 13.7. The maximum atomic E-state index is 7.56. The molecule has 3 heterocycles. The number of hydrogen-bond acceptors (Lipinski definition) is 4. The zero-order valence-electron chi connectivity index (χ0n) is 15.0. The third-order valence-corrected chi connectivity index (χ3v) is 4.76. The van der Waals surface area contributed by atoms with Crippen molar-refractivity contribution in [3.8, 4) is 5.69 Å². The number of para-hydroxylation sites is 1. The van der Waals surface area contributed by atoms with Gasteiger partial charge in [-0.15, -0.1) is 0 Å². The molecule has 0 fully saturated rings. The van der Waals surface area contributed by atoms with Crippen LogP contribution >= 0.6 is 0 Å². The second kappa shape index (κ2) is 6.34. The Hall–Kier alpha value is -3.94. The SMILES string of the molecule is N=C(N)c1ccc2nc(CCc3nc4c(-n5ccnc5)cccc4[nH]3)[nH]c2c1. The molecule has 5 N–H and O–H groups in total. The number of benzene rings is 2. The van der Waals surface area contributed by atoms with Crippen molar-refractivity contribution < 1.29 is 0 Å². The van der Waals surface area contributed by atoms with Crippen LogP contribution in [0, 0.1) is 5.41 Å². The van der Waals surface area contributed by atoms with Gasteiger partial charge < -0.3 is 20.3 Å². The molecule has 3 aromatic heterocycles. The third kappa shape index (κ3) is 2.81. The van der Waals surface area contributed by atoms with E-state index in [0.29, 0.717) is 5.56 Å². The summed E-state index contributed by atoms with van der Waals surface area (Å²) in [6, 6.07) is 11.6. The summed E-state index contributed by atoms with van der Waals surface area (Å²) < 4.78 is 1.96. The van der Waals surface area contributed by atoms with E-state index in [4.69, 9.17) is 16.1 Å². The molecule has 0 aliphatic rings. The minimum Gasteiger partial charge on any atom is -0.384 e. The first kappa shape index (κ1) is 16.2. The van der Waals surface area contributed by atoms with Crippen LogP contribution in [0.3, 0.4) is 0 Å². The second-order valence-electron chi connectivity index (χ2n) is 6.66.